The number of cyclic esters (lactones) is 1. The number of aliphatic hydroxyl groups is 2. The van der Waals surface area contributed by atoms with E-state index in [0.29, 0.717) is 64.2 Å². The van der Waals surface area contributed by atoms with E-state index in [1.165, 1.54) is 24.2 Å². The molecule has 1 aromatic rings. The number of benzene rings is 1. The average molecular weight is 1100 g/mol. The quantitative estimate of drug-likeness (QED) is 0.113. The summed E-state index contributed by atoms with van der Waals surface area (Å²) < 4.78 is 48.0. The van der Waals surface area contributed by atoms with E-state index in [4.69, 9.17) is 37.7 Å². The largest absolute Gasteiger partial charge is 0.493 e. The molecule has 0 aromatic heterocycles. The molecule has 2 bridgehead atoms. The fourth-order valence-corrected chi connectivity index (χ4v) is 11.7. The Hall–Kier alpha value is -4.66. The molecule has 17 nitrogen and oxygen atoms in total. The second-order valence-electron chi connectivity index (χ2n) is 23.4. The number of allylic oxidation sites excluding steroid dienone is 6. The van der Waals surface area contributed by atoms with Crippen LogP contribution >= 0.6 is 0 Å². The van der Waals surface area contributed by atoms with Crippen LogP contribution < -0.4 is 5.46 Å². The standard InChI is InChI=1S/C61H88BNO16/c1-38-19-13-11-14-20-40(3)51(72-8)34-46-27-25-43(6)61(71,79-46)56(67)57(68)63-30-18-17-23-47(63)58(69)77-52(35-49(65)39(2)24-28-48(64)55(74-10)54(66)42(5)31-38)41(4)32-44-26-29-50(53(33-44)73-9)78-59(70)60(7)36-75-62(76-37-60)45-21-15-12-16-22-45/h11-16,19-22,24,28,38-39,41-44,46-48,50-53,55,64,71H,17-18,23,25-27,29-37H2,1-10H3/b14-11?,19-13+,28-24+,40-20?/t38-,39-,41-,42-,43-,44+,46+,47+,48-,50-,51+,52+,53-,55-,61-/m1/s1. The predicted molar refractivity (Wildman–Crippen MR) is 296 cm³/mol. The molecule has 18 heteroatoms. The van der Waals surface area contributed by atoms with Crippen LogP contribution in [0.3, 0.4) is 0 Å². The number of fused-ring (bicyclic) bond motifs is 3. The number of methoxy groups -OCH3 is 3. The molecule has 1 aromatic carbocycles. The van der Waals surface area contributed by atoms with Gasteiger partial charge in [0.2, 0.25) is 5.79 Å². The lowest BCUT2D eigenvalue weighted by atomic mass is 9.75. The van der Waals surface area contributed by atoms with Gasteiger partial charge in [-0.2, -0.15) is 0 Å². The van der Waals surface area contributed by atoms with Crippen LogP contribution in [0.15, 0.2) is 78.4 Å². The molecule has 1 saturated carbocycles. The highest BCUT2D eigenvalue weighted by Crippen LogP contribution is 2.39. The van der Waals surface area contributed by atoms with E-state index in [0.717, 1.165) is 11.0 Å². The third kappa shape index (κ3) is 16.5. The first-order valence-corrected chi connectivity index (χ1v) is 28.6. The predicted octanol–water partition coefficient (Wildman–Crippen LogP) is 6.79. The van der Waals surface area contributed by atoms with Gasteiger partial charge in [-0.3, -0.25) is 24.0 Å². The number of hydrogen-bond acceptors (Lipinski definition) is 16. The fourth-order valence-electron chi connectivity index (χ4n) is 11.7. The maximum absolute atomic E-state index is 14.6. The smallest absolute Gasteiger partial charge is 0.460 e. The van der Waals surface area contributed by atoms with Gasteiger partial charge in [0.15, 0.2) is 5.78 Å². The molecule has 5 aliphatic rings. The number of nitrogens with zero attached hydrogens (tertiary/aromatic N) is 1. The SMILES string of the molecule is CO[C@H]1C[C@@H]2CC[C@@H](C)[C@@](O)(O2)C(=O)C(=O)N2CCCC[C@H]2C(=O)O[C@H]([C@H](C)C[C@@H]2CC[C@@H](OC(=O)C3(C)COB(c4ccccc4)OC3)[C@H](OC)C2)CC(=O)[C@H](C)/C=C/[C@@H](O)[C@@H](OC)C(=O)[C@H](C)C[C@H](C)/C=C/C=CC=C1C. The van der Waals surface area contributed by atoms with Gasteiger partial charge in [0, 0.05) is 71.7 Å². The van der Waals surface area contributed by atoms with Crippen LogP contribution in [0.1, 0.15) is 126 Å². The van der Waals surface area contributed by atoms with Crippen LogP contribution in [-0.4, -0.2) is 153 Å². The van der Waals surface area contributed by atoms with Gasteiger partial charge in [0.1, 0.15) is 41.7 Å². The van der Waals surface area contributed by atoms with Crippen molar-refractivity contribution in [3.63, 3.8) is 0 Å². The second-order valence-corrected chi connectivity index (χ2v) is 23.4. The molecule has 4 aliphatic heterocycles. The Labute approximate surface area is 468 Å². The zero-order valence-corrected chi connectivity index (χ0v) is 48.3. The molecular weight excluding hydrogens is 1010 g/mol. The number of Topliss-reactive ketones (excluding diaryl/α,β-unsaturated/α-hetero) is 3. The summed E-state index contributed by atoms with van der Waals surface area (Å²) in [6.45, 7) is 13.0. The van der Waals surface area contributed by atoms with E-state index in [1.54, 1.807) is 41.9 Å². The van der Waals surface area contributed by atoms with Crippen molar-refractivity contribution in [3.05, 3.63) is 78.4 Å². The fraction of sp³-hybridized carbons (Fsp3) is 0.672. The lowest BCUT2D eigenvalue weighted by Gasteiger charge is -2.42. The van der Waals surface area contributed by atoms with Gasteiger partial charge in [0.05, 0.1) is 18.3 Å². The first kappa shape index (κ1) is 63.5. The van der Waals surface area contributed by atoms with Gasteiger partial charge in [-0.15, -0.1) is 0 Å². The first-order valence-electron chi connectivity index (χ1n) is 28.6. The van der Waals surface area contributed by atoms with Crippen molar-refractivity contribution >= 4 is 47.8 Å². The van der Waals surface area contributed by atoms with Crippen LogP contribution in [0.2, 0.25) is 0 Å². The molecule has 0 unspecified atom stereocenters. The maximum Gasteiger partial charge on any atom is 0.493 e. The highest BCUT2D eigenvalue weighted by Gasteiger charge is 2.53. The molecule has 0 radical (unpaired) electrons. The third-order valence-corrected chi connectivity index (χ3v) is 17.0. The van der Waals surface area contributed by atoms with Crippen molar-refractivity contribution in [2.24, 2.45) is 40.9 Å². The molecule has 436 valence electrons. The van der Waals surface area contributed by atoms with Gasteiger partial charge < -0.3 is 52.8 Å². The minimum absolute atomic E-state index is 0.000913. The van der Waals surface area contributed by atoms with Gasteiger partial charge in [-0.05, 0) is 107 Å². The van der Waals surface area contributed by atoms with Crippen molar-refractivity contribution in [3.8, 4) is 0 Å². The molecule has 2 N–H and O–H groups in total. The maximum atomic E-state index is 14.6. The van der Waals surface area contributed by atoms with E-state index in [2.05, 4.69) is 0 Å². The molecule has 79 heavy (non-hydrogen) atoms. The number of ketones is 3. The molecule has 3 saturated heterocycles. The number of hydrogen-bond donors (Lipinski definition) is 2. The first-order chi connectivity index (χ1) is 37.6. The minimum atomic E-state index is -2.46. The summed E-state index contributed by atoms with van der Waals surface area (Å²) in [5.41, 5.74) is 0.686. The summed E-state index contributed by atoms with van der Waals surface area (Å²) in [6.07, 6.45) is 11.7. The van der Waals surface area contributed by atoms with E-state index < -0.39 is 114 Å². The molecule has 4 fully saturated rings. The van der Waals surface area contributed by atoms with Gasteiger partial charge >= 0.3 is 19.1 Å². The summed E-state index contributed by atoms with van der Waals surface area (Å²) in [4.78, 5) is 86.3. The van der Waals surface area contributed by atoms with Crippen LogP contribution in [-0.2, 0) is 66.5 Å². The number of rotatable bonds is 9. The van der Waals surface area contributed by atoms with Crippen molar-refractivity contribution < 1.29 is 76.7 Å². The number of ether oxygens (including phenoxy) is 6. The number of esters is 2. The van der Waals surface area contributed by atoms with Crippen LogP contribution in [0, 0.1) is 40.9 Å². The molecule has 1 aliphatic carbocycles. The number of aliphatic hydroxyl groups excluding tert-OH is 1. The zero-order chi connectivity index (χ0) is 57.6. The second kappa shape index (κ2) is 29.4. The summed E-state index contributed by atoms with van der Waals surface area (Å²) >= 11 is 0. The minimum Gasteiger partial charge on any atom is -0.460 e. The Morgan fingerprint density at radius 2 is 1.56 bits per heavy atom. The highest BCUT2D eigenvalue weighted by atomic mass is 16.6. The van der Waals surface area contributed by atoms with Crippen molar-refractivity contribution in [2.45, 2.75) is 180 Å². The van der Waals surface area contributed by atoms with Crippen LogP contribution in [0.25, 0.3) is 0 Å². The van der Waals surface area contributed by atoms with Gasteiger partial charge in [-0.1, -0.05) is 107 Å². The van der Waals surface area contributed by atoms with Gasteiger partial charge in [0.25, 0.3) is 11.7 Å². The van der Waals surface area contributed by atoms with E-state index >= 15 is 0 Å². The van der Waals surface area contributed by atoms with Crippen molar-refractivity contribution in [1.82, 2.24) is 4.90 Å². The molecular formula is C61H88BNO16. The Bertz CT molecular complexity index is 2350. The van der Waals surface area contributed by atoms with E-state index in [-0.39, 0.29) is 56.0 Å². The van der Waals surface area contributed by atoms with Gasteiger partial charge in [-0.25, -0.2) is 4.79 Å². The zero-order valence-electron chi connectivity index (χ0n) is 48.3. The summed E-state index contributed by atoms with van der Waals surface area (Å²) in [5.74, 6) is -8.89. The number of carbonyl (C=O) groups is 6. The average Bonchev–Trinajstić information content (AvgIpc) is 3.44. The summed E-state index contributed by atoms with van der Waals surface area (Å²) in [6, 6.07) is 8.32. The third-order valence-electron chi connectivity index (χ3n) is 17.0. The number of carbonyl (C=O) groups excluding carboxylic acids is 6. The van der Waals surface area contributed by atoms with Crippen molar-refractivity contribution in [1.29, 1.82) is 0 Å². The number of piperidine rings is 1. The molecule has 6 rings (SSSR count). The molecule has 15 atom stereocenters. The monoisotopic (exact) mass is 1100 g/mol. The highest BCUT2D eigenvalue weighted by molar-refractivity contribution is 6.61. The van der Waals surface area contributed by atoms with Crippen molar-refractivity contribution in [2.75, 3.05) is 41.1 Å². The van der Waals surface area contributed by atoms with Crippen LogP contribution in [0.4, 0.5) is 0 Å². The topological polar surface area (TPSA) is 220 Å². The van der Waals surface area contributed by atoms with E-state index in [1.807, 2.05) is 81.5 Å². The lowest BCUT2D eigenvalue weighted by molar-refractivity contribution is -0.265. The summed E-state index contributed by atoms with van der Waals surface area (Å²) in [5, 5.41) is 23.3. The Morgan fingerprint density at radius 1 is 0.835 bits per heavy atom. The molecule has 1 amide bonds. The summed E-state index contributed by atoms with van der Waals surface area (Å²) in [7, 11) is 3.92. The van der Waals surface area contributed by atoms with Crippen LogP contribution in [0.5, 0.6) is 0 Å². The Balaban J connectivity index is 1.22. The Kier molecular flexibility index (Phi) is 23.6. The molecule has 0 spiro atoms. The lowest BCUT2D eigenvalue weighted by Crippen LogP contribution is -2.61. The normalized spacial score (nSPS) is 35.6. The Morgan fingerprint density at radius 3 is 2.24 bits per heavy atom. The van der Waals surface area contributed by atoms with E-state index in [9.17, 15) is 39.0 Å². The number of amides is 1. The molecule has 4 heterocycles.